The Bertz CT molecular complexity index is 513. The molecule has 0 heterocycles. The van der Waals surface area contributed by atoms with Crippen LogP contribution in [-0.2, 0) is 0 Å². The summed E-state index contributed by atoms with van der Waals surface area (Å²) in [6.45, 7) is 0. The van der Waals surface area contributed by atoms with E-state index in [1.807, 2.05) is 30.5 Å². The summed E-state index contributed by atoms with van der Waals surface area (Å²) < 4.78 is 0. The minimum absolute atomic E-state index is 0.126. The molecule has 0 saturated heterocycles. The molecule has 1 aliphatic rings. The molecular formula is C16H20N2OS. The van der Waals surface area contributed by atoms with Crippen LogP contribution in [0.5, 0.6) is 0 Å². The van der Waals surface area contributed by atoms with Gasteiger partial charge in [0.1, 0.15) is 5.54 Å². The van der Waals surface area contributed by atoms with Gasteiger partial charge in [-0.3, -0.25) is 4.79 Å². The Balaban J connectivity index is 2.19. The predicted octanol–water partition coefficient (Wildman–Crippen LogP) is 3.75. The summed E-state index contributed by atoms with van der Waals surface area (Å²) in [6.07, 6.45) is 7.81. The first-order valence-corrected chi connectivity index (χ1v) is 8.30. The molecule has 0 radical (unpaired) electrons. The number of benzene rings is 1. The normalized spacial score (nSPS) is 17.8. The number of nitrogens with zero attached hydrogens (tertiary/aromatic N) is 1. The van der Waals surface area contributed by atoms with Gasteiger partial charge in [-0.05, 0) is 31.2 Å². The Kier molecular flexibility index (Phi) is 5.08. The van der Waals surface area contributed by atoms with Crippen LogP contribution < -0.4 is 5.32 Å². The highest BCUT2D eigenvalue weighted by molar-refractivity contribution is 7.98. The third-order valence-electron chi connectivity index (χ3n) is 3.88. The first kappa shape index (κ1) is 14.9. The summed E-state index contributed by atoms with van der Waals surface area (Å²) in [5, 5.41) is 12.5. The molecule has 3 nitrogen and oxygen atoms in total. The van der Waals surface area contributed by atoms with Crippen LogP contribution in [0.1, 0.15) is 48.9 Å². The van der Waals surface area contributed by atoms with Gasteiger partial charge in [-0.1, -0.05) is 37.8 Å². The second-order valence-corrected chi connectivity index (χ2v) is 6.11. The molecule has 2 rings (SSSR count). The number of hydrogen-bond acceptors (Lipinski definition) is 3. The van der Waals surface area contributed by atoms with Gasteiger partial charge in [-0.25, -0.2) is 0 Å². The fraction of sp³-hybridized carbons (Fsp3) is 0.500. The molecule has 1 amide bonds. The molecule has 1 aromatic carbocycles. The summed E-state index contributed by atoms with van der Waals surface area (Å²) in [5.41, 5.74) is -0.0158. The van der Waals surface area contributed by atoms with Crippen molar-refractivity contribution in [3.63, 3.8) is 0 Å². The lowest BCUT2D eigenvalue weighted by molar-refractivity contribution is 0.0910. The Hall–Kier alpha value is -1.47. The molecule has 0 aromatic heterocycles. The van der Waals surface area contributed by atoms with Crippen LogP contribution in [0.25, 0.3) is 0 Å². The predicted molar refractivity (Wildman–Crippen MR) is 81.7 cm³/mol. The lowest BCUT2D eigenvalue weighted by Crippen LogP contribution is -2.47. The first-order chi connectivity index (χ1) is 9.71. The molecule has 0 bridgehead atoms. The summed E-state index contributed by atoms with van der Waals surface area (Å²) in [6, 6.07) is 9.90. The number of amides is 1. The van der Waals surface area contributed by atoms with E-state index in [0.717, 1.165) is 43.4 Å². The van der Waals surface area contributed by atoms with Gasteiger partial charge >= 0.3 is 0 Å². The molecule has 106 valence electrons. The van der Waals surface area contributed by atoms with Gasteiger partial charge < -0.3 is 5.32 Å². The molecule has 1 fully saturated rings. The maximum Gasteiger partial charge on any atom is 0.253 e. The topological polar surface area (TPSA) is 52.9 Å². The fourth-order valence-electron chi connectivity index (χ4n) is 2.71. The quantitative estimate of drug-likeness (QED) is 0.680. The molecule has 4 heteroatoms. The smallest absolute Gasteiger partial charge is 0.253 e. The number of thioether (sulfide) groups is 1. The van der Waals surface area contributed by atoms with E-state index in [-0.39, 0.29) is 5.91 Å². The van der Waals surface area contributed by atoms with Crippen LogP contribution in [0.4, 0.5) is 0 Å². The van der Waals surface area contributed by atoms with Gasteiger partial charge in [0, 0.05) is 4.90 Å². The standard InChI is InChI=1S/C16H20N2OS/c1-20-14-9-5-4-8-13(14)15(19)18-16(12-17)10-6-2-3-7-11-16/h4-5,8-9H,2-3,6-7,10-11H2,1H3,(H,18,19). The van der Waals surface area contributed by atoms with Crippen molar-refractivity contribution in [1.29, 1.82) is 5.26 Å². The van der Waals surface area contributed by atoms with Crippen LogP contribution in [0.15, 0.2) is 29.2 Å². The van der Waals surface area contributed by atoms with E-state index in [0.29, 0.717) is 5.56 Å². The number of carbonyl (C=O) groups excluding carboxylic acids is 1. The van der Waals surface area contributed by atoms with E-state index in [4.69, 9.17) is 0 Å². The lowest BCUT2D eigenvalue weighted by atomic mass is 9.91. The van der Waals surface area contributed by atoms with Crippen molar-refractivity contribution in [3.05, 3.63) is 29.8 Å². The summed E-state index contributed by atoms with van der Waals surface area (Å²) in [7, 11) is 0. The summed E-state index contributed by atoms with van der Waals surface area (Å²) in [4.78, 5) is 13.4. The molecule has 1 aromatic rings. The van der Waals surface area contributed by atoms with Crippen molar-refractivity contribution < 1.29 is 4.79 Å². The SMILES string of the molecule is CSc1ccccc1C(=O)NC1(C#N)CCCCCC1. The van der Waals surface area contributed by atoms with E-state index in [2.05, 4.69) is 11.4 Å². The third-order valence-corrected chi connectivity index (χ3v) is 4.67. The highest BCUT2D eigenvalue weighted by Crippen LogP contribution is 2.28. The molecular weight excluding hydrogens is 268 g/mol. The first-order valence-electron chi connectivity index (χ1n) is 7.07. The Labute approximate surface area is 124 Å². The molecule has 1 N–H and O–H groups in total. The van der Waals surface area contributed by atoms with Crippen molar-refractivity contribution in [3.8, 4) is 6.07 Å². The number of hydrogen-bond donors (Lipinski definition) is 1. The Morgan fingerprint density at radius 1 is 1.25 bits per heavy atom. The zero-order valence-electron chi connectivity index (χ0n) is 11.8. The zero-order valence-corrected chi connectivity index (χ0v) is 12.6. The van der Waals surface area contributed by atoms with Crippen molar-refractivity contribution in [2.45, 2.75) is 49.0 Å². The third kappa shape index (κ3) is 3.34. The van der Waals surface area contributed by atoms with E-state index in [1.165, 1.54) is 0 Å². The fourth-order valence-corrected chi connectivity index (χ4v) is 3.31. The minimum Gasteiger partial charge on any atom is -0.334 e. The molecule has 0 aliphatic heterocycles. The van der Waals surface area contributed by atoms with E-state index in [1.54, 1.807) is 11.8 Å². The van der Waals surface area contributed by atoms with Gasteiger partial charge in [0.15, 0.2) is 0 Å². The van der Waals surface area contributed by atoms with Gasteiger partial charge in [-0.15, -0.1) is 11.8 Å². The maximum absolute atomic E-state index is 12.5. The monoisotopic (exact) mass is 288 g/mol. The van der Waals surface area contributed by atoms with Gasteiger partial charge in [0.25, 0.3) is 5.91 Å². The second kappa shape index (κ2) is 6.81. The second-order valence-electron chi connectivity index (χ2n) is 5.26. The molecule has 0 spiro atoms. The lowest BCUT2D eigenvalue weighted by Gasteiger charge is -2.26. The van der Waals surface area contributed by atoms with E-state index in [9.17, 15) is 10.1 Å². The van der Waals surface area contributed by atoms with E-state index >= 15 is 0 Å². The molecule has 1 saturated carbocycles. The summed E-state index contributed by atoms with van der Waals surface area (Å²) in [5.74, 6) is -0.126. The van der Waals surface area contributed by atoms with E-state index < -0.39 is 5.54 Å². The molecule has 1 aliphatic carbocycles. The van der Waals surface area contributed by atoms with Crippen LogP contribution in [0, 0.1) is 11.3 Å². The van der Waals surface area contributed by atoms with Crippen LogP contribution in [0.3, 0.4) is 0 Å². The number of nitrogens with one attached hydrogen (secondary N) is 1. The number of carbonyl (C=O) groups is 1. The number of nitriles is 1. The van der Waals surface area contributed by atoms with Crippen LogP contribution >= 0.6 is 11.8 Å². The van der Waals surface area contributed by atoms with Crippen LogP contribution in [0.2, 0.25) is 0 Å². The van der Waals surface area contributed by atoms with Crippen molar-refractivity contribution >= 4 is 17.7 Å². The average molecular weight is 288 g/mol. The molecule has 20 heavy (non-hydrogen) atoms. The van der Waals surface area contributed by atoms with Gasteiger partial charge in [0.05, 0.1) is 11.6 Å². The van der Waals surface area contributed by atoms with Crippen LogP contribution in [-0.4, -0.2) is 17.7 Å². The Morgan fingerprint density at radius 3 is 2.50 bits per heavy atom. The van der Waals surface area contributed by atoms with Crippen molar-refractivity contribution in [1.82, 2.24) is 5.32 Å². The zero-order chi connectivity index (χ0) is 14.4. The van der Waals surface area contributed by atoms with Gasteiger partial charge in [0.2, 0.25) is 0 Å². The highest BCUT2D eigenvalue weighted by Gasteiger charge is 2.33. The highest BCUT2D eigenvalue weighted by atomic mass is 32.2. The largest absolute Gasteiger partial charge is 0.334 e. The Morgan fingerprint density at radius 2 is 1.90 bits per heavy atom. The number of rotatable bonds is 3. The van der Waals surface area contributed by atoms with Crippen molar-refractivity contribution in [2.75, 3.05) is 6.26 Å². The minimum atomic E-state index is -0.681. The summed E-state index contributed by atoms with van der Waals surface area (Å²) >= 11 is 1.55. The molecule has 0 atom stereocenters. The van der Waals surface area contributed by atoms with Gasteiger partial charge in [-0.2, -0.15) is 5.26 Å². The maximum atomic E-state index is 12.5. The average Bonchev–Trinajstić information content (AvgIpc) is 2.73. The molecule has 0 unspecified atom stereocenters. The van der Waals surface area contributed by atoms with Crippen molar-refractivity contribution in [2.24, 2.45) is 0 Å².